The summed E-state index contributed by atoms with van der Waals surface area (Å²) in [7, 11) is -3.76. The highest BCUT2D eigenvalue weighted by molar-refractivity contribution is 7.89. The van der Waals surface area contributed by atoms with Crippen LogP contribution in [0.3, 0.4) is 0 Å². The molecule has 104 valence electrons. The number of anilines is 1. The van der Waals surface area contributed by atoms with Crippen molar-refractivity contribution in [1.29, 1.82) is 5.26 Å². The number of nitrogen functional groups attached to an aromatic ring is 1. The van der Waals surface area contributed by atoms with Gasteiger partial charge < -0.3 is 10.8 Å². The average molecular weight is 283 g/mol. The molecule has 1 unspecified atom stereocenters. The van der Waals surface area contributed by atoms with Gasteiger partial charge in [-0.05, 0) is 31.0 Å². The fourth-order valence-electron chi connectivity index (χ4n) is 1.51. The maximum Gasteiger partial charge on any atom is 0.241 e. The highest BCUT2D eigenvalue weighted by atomic mass is 32.2. The summed E-state index contributed by atoms with van der Waals surface area (Å²) in [6.45, 7) is 1.93. The molecule has 0 amide bonds. The Bertz CT molecular complexity index is 578. The van der Waals surface area contributed by atoms with Crippen molar-refractivity contribution in [3.63, 3.8) is 0 Å². The van der Waals surface area contributed by atoms with E-state index in [1.165, 1.54) is 18.2 Å². The molecule has 0 fully saturated rings. The van der Waals surface area contributed by atoms with E-state index in [0.717, 1.165) is 0 Å². The molecule has 0 saturated heterocycles. The zero-order valence-corrected chi connectivity index (χ0v) is 11.4. The van der Waals surface area contributed by atoms with Gasteiger partial charge in [0.25, 0.3) is 0 Å². The molecule has 0 radical (unpaired) electrons. The molecule has 0 spiro atoms. The molecule has 0 saturated carbocycles. The molecule has 4 N–H and O–H groups in total. The Morgan fingerprint density at radius 1 is 1.53 bits per heavy atom. The summed E-state index contributed by atoms with van der Waals surface area (Å²) in [5, 5.41) is 18.3. The summed E-state index contributed by atoms with van der Waals surface area (Å²) >= 11 is 0. The lowest BCUT2D eigenvalue weighted by Gasteiger charge is -2.10. The molecule has 0 aliphatic rings. The first kappa shape index (κ1) is 15.4. The lowest BCUT2D eigenvalue weighted by Crippen LogP contribution is -2.27. The van der Waals surface area contributed by atoms with Crippen molar-refractivity contribution in [1.82, 2.24) is 4.72 Å². The Morgan fingerprint density at radius 3 is 2.79 bits per heavy atom. The third-order valence-corrected chi connectivity index (χ3v) is 4.17. The van der Waals surface area contributed by atoms with Crippen molar-refractivity contribution < 1.29 is 13.5 Å². The van der Waals surface area contributed by atoms with Gasteiger partial charge in [0.2, 0.25) is 10.0 Å². The minimum Gasteiger partial charge on any atom is -0.399 e. The number of nitriles is 1. The van der Waals surface area contributed by atoms with Crippen LogP contribution in [-0.4, -0.2) is 26.2 Å². The number of benzene rings is 1. The van der Waals surface area contributed by atoms with Gasteiger partial charge in [-0.25, -0.2) is 13.1 Å². The van der Waals surface area contributed by atoms with E-state index in [9.17, 15) is 13.5 Å². The number of nitrogens with zero attached hydrogens (tertiary/aromatic N) is 1. The molecule has 1 aromatic carbocycles. The van der Waals surface area contributed by atoms with Gasteiger partial charge in [-0.15, -0.1) is 0 Å². The van der Waals surface area contributed by atoms with E-state index in [2.05, 4.69) is 4.72 Å². The predicted molar refractivity (Wildman–Crippen MR) is 71.7 cm³/mol. The zero-order valence-electron chi connectivity index (χ0n) is 10.6. The van der Waals surface area contributed by atoms with Crippen LogP contribution in [0.25, 0.3) is 0 Å². The van der Waals surface area contributed by atoms with Gasteiger partial charge in [-0.1, -0.05) is 6.92 Å². The van der Waals surface area contributed by atoms with Crippen molar-refractivity contribution in [2.45, 2.75) is 30.8 Å². The van der Waals surface area contributed by atoms with Gasteiger partial charge in [0.15, 0.2) is 0 Å². The number of nitrogens with one attached hydrogen (secondary N) is 1. The van der Waals surface area contributed by atoms with E-state index in [0.29, 0.717) is 18.5 Å². The third-order valence-electron chi connectivity index (χ3n) is 2.65. The van der Waals surface area contributed by atoms with Gasteiger partial charge in [0.05, 0.1) is 16.6 Å². The standard InChI is InChI=1S/C12H17N3O3S/c1-2-11(16)5-6-15-19(17,18)12-4-3-10(14)7-9(12)8-13/h3-4,7,11,15-16H,2,5-6,14H2,1H3. The molecule has 1 rings (SSSR count). The van der Waals surface area contributed by atoms with Crippen LogP contribution in [0.5, 0.6) is 0 Å². The van der Waals surface area contributed by atoms with Gasteiger partial charge in [-0.3, -0.25) is 0 Å². The first-order valence-electron chi connectivity index (χ1n) is 5.88. The highest BCUT2D eigenvalue weighted by Gasteiger charge is 2.18. The molecule has 19 heavy (non-hydrogen) atoms. The topological polar surface area (TPSA) is 116 Å². The third kappa shape index (κ3) is 4.21. The molecule has 0 bridgehead atoms. The Morgan fingerprint density at radius 2 is 2.21 bits per heavy atom. The molecular weight excluding hydrogens is 266 g/mol. The number of sulfonamides is 1. The van der Waals surface area contributed by atoms with Gasteiger partial charge >= 0.3 is 0 Å². The molecule has 1 atom stereocenters. The van der Waals surface area contributed by atoms with E-state index in [4.69, 9.17) is 11.0 Å². The van der Waals surface area contributed by atoms with Crippen LogP contribution in [0.1, 0.15) is 25.3 Å². The van der Waals surface area contributed by atoms with E-state index in [1.807, 2.05) is 6.92 Å². The summed E-state index contributed by atoms with van der Waals surface area (Å²) < 4.78 is 26.4. The van der Waals surface area contributed by atoms with Crippen LogP contribution in [0, 0.1) is 11.3 Å². The van der Waals surface area contributed by atoms with Crippen molar-refractivity contribution in [2.24, 2.45) is 0 Å². The van der Waals surface area contributed by atoms with E-state index in [-0.39, 0.29) is 17.0 Å². The molecule has 7 heteroatoms. The molecule has 0 aromatic heterocycles. The summed E-state index contributed by atoms with van der Waals surface area (Å²) in [6, 6.07) is 5.84. The van der Waals surface area contributed by atoms with Crippen LogP contribution in [-0.2, 0) is 10.0 Å². The van der Waals surface area contributed by atoms with Crippen molar-refractivity contribution in [3.8, 4) is 6.07 Å². The second-order valence-corrected chi connectivity index (χ2v) is 5.85. The van der Waals surface area contributed by atoms with Crippen LogP contribution in [0.4, 0.5) is 5.69 Å². The second-order valence-electron chi connectivity index (χ2n) is 4.12. The number of aliphatic hydroxyl groups is 1. The quantitative estimate of drug-likeness (QED) is 0.660. The highest BCUT2D eigenvalue weighted by Crippen LogP contribution is 2.17. The molecule has 0 heterocycles. The fourth-order valence-corrected chi connectivity index (χ4v) is 2.69. The van der Waals surface area contributed by atoms with Crippen LogP contribution in [0.15, 0.2) is 23.1 Å². The van der Waals surface area contributed by atoms with Gasteiger partial charge in [0, 0.05) is 12.2 Å². The SMILES string of the molecule is CCC(O)CCNS(=O)(=O)c1ccc(N)cc1C#N. The Hall–Kier alpha value is -1.62. The van der Waals surface area contributed by atoms with E-state index in [1.54, 1.807) is 6.07 Å². The molecule has 6 nitrogen and oxygen atoms in total. The van der Waals surface area contributed by atoms with Gasteiger partial charge in [0.1, 0.15) is 6.07 Å². The average Bonchev–Trinajstić information content (AvgIpc) is 2.37. The Balaban J connectivity index is 2.87. The number of nitrogens with two attached hydrogens (primary N) is 1. The minimum atomic E-state index is -3.76. The molecular formula is C12H17N3O3S. The first-order valence-corrected chi connectivity index (χ1v) is 7.36. The summed E-state index contributed by atoms with van der Waals surface area (Å²) in [4.78, 5) is -0.102. The molecule has 1 aromatic rings. The minimum absolute atomic E-state index is 0.00328. The number of hydrogen-bond donors (Lipinski definition) is 3. The van der Waals surface area contributed by atoms with E-state index >= 15 is 0 Å². The number of rotatable bonds is 6. The number of aliphatic hydroxyl groups excluding tert-OH is 1. The van der Waals surface area contributed by atoms with Crippen LogP contribution < -0.4 is 10.5 Å². The fraction of sp³-hybridized carbons (Fsp3) is 0.417. The second kappa shape index (κ2) is 6.52. The van der Waals surface area contributed by atoms with Crippen molar-refractivity contribution >= 4 is 15.7 Å². The Labute approximate surface area is 112 Å². The summed E-state index contributed by atoms with van der Waals surface area (Å²) in [5.74, 6) is 0. The maximum atomic E-state index is 12.0. The maximum absolute atomic E-state index is 12.0. The zero-order chi connectivity index (χ0) is 14.5. The Kier molecular flexibility index (Phi) is 5.30. The normalized spacial score (nSPS) is 12.9. The predicted octanol–water partition coefficient (Wildman–Crippen LogP) is 0.580. The van der Waals surface area contributed by atoms with E-state index < -0.39 is 16.1 Å². The summed E-state index contributed by atoms with van der Waals surface area (Å²) in [6.07, 6.45) is 0.351. The molecule has 0 aliphatic carbocycles. The largest absolute Gasteiger partial charge is 0.399 e. The lowest BCUT2D eigenvalue weighted by atomic mass is 10.2. The first-order chi connectivity index (χ1) is 8.90. The van der Waals surface area contributed by atoms with Crippen molar-refractivity contribution in [3.05, 3.63) is 23.8 Å². The number of hydrogen-bond acceptors (Lipinski definition) is 5. The summed E-state index contributed by atoms with van der Waals surface area (Å²) in [5.41, 5.74) is 5.84. The van der Waals surface area contributed by atoms with Crippen LogP contribution in [0.2, 0.25) is 0 Å². The van der Waals surface area contributed by atoms with Crippen molar-refractivity contribution in [2.75, 3.05) is 12.3 Å². The monoisotopic (exact) mass is 283 g/mol. The molecule has 0 aliphatic heterocycles. The lowest BCUT2D eigenvalue weighted by molar-refractivity contribution is 0.162. The smallest absolute Gasteiger partial charge is 0.241 e. The van der Waals surface area contributed by atoms with Crippen LogP contribution >= 0.6 is 0 Å². The van der Waals surface area contributed by atoms with Gasteiger partial charge in [-0.2, -0.15) is 5.26 Å².